The van der Waals surface area contributed by atoms with Gasteiger partial charge >= 0.3 is 0 Å². The van der Waals surface area contributed by atoms with E-state index in [4.69, 9.17) is 0 Å². The second kappa shape index (κ2) is 3.84. The third-order valence-electron chi connectivity index (χ3n) is 5.09. The molecule has 1 N–H and O–H groups in total. The van der Waals surface area contributed by atoms with Gasteiger partial charge < -0.3 is 5.32 Å². The normalized spacial score (nSPS) is 24.1. The highest BCUT2D eigenvalue weighted by atomic mass is 14.9. The van der Waals surface area contributed by atoms with Crippen molar-refractivity contribution in [3.05, 3.63) is 34.4 Å². The molecule has 2 saturated carbocycles. The molecule has 3 aliphatic rings. The van der Waals surface area contributed by atoms with Gasteiger partial charge in [-0.2, -0.15) is 0 Å². The molecule has 1 nitrogen and oxygen atoms in total. The Bertz CT molecular complexity index is 481. The highest BCUT2D eigenvalue weighted by Gasteiger charge is 2.47. The maximum Gasteiger partial charge on any atom is 0.0211 e. The molecule has 0 bridgehead atoms. The lowest BCUT2D eigenvalue weighted by Gasteiger charge is -2.29. The number of benzene rings is 1. The van der Waals surface area contributed by atoms with E-state index in [0.29, 0.717) is 5.41 Å². The summed E-state index contributed by atoms with van der Waals surface area (Å²) >= 11 is 0. The molecular weight excluding hydrogens is 218 g/mol. The minimum absolute atomic E-state index is 0.613. The fraction of sp³-hybridized carbons (Fsp3) is 0.647. The van der Waals surface area contributed by atoms with Gasteiger partial charge in [-0.05, 0) is 74.0 Å². The molecule has 0 unspecified atom stereocenters. The number of aryl methyl sites for hydroxylation is 2. The molecule has 0 heterocycles. The standard InChI is InChI=1S/C17H23N/c1-12-9-13-3-2-6-17(7-8-17)16(13)14(10-12)11-18-15-4-5-15/h9-10,15,18H,2-8,11H2,1H3. The van der Waals surface area contributed by atoms with Crippen molar-refractivity contribution >= 4 is 0 Å². The van der Waals surface area contributed by atoms with E-state index in [0.717, 1.165) is 12.6 Å². The van der Waals surface area contributed by atoms with Crippen molar-refractivity contribution in [2.75, 3.05) is 0 Å². The third kappa shape index (κ3) is 1.80. The molecule has 0 aromatic heterocycles. The van der Waals surface area contributed by atoms with Crippen LogP contribution >= 0.6 is 0 Å². The van der Waals surface area contributed by atoms with Crippen molar-refractivity contribution in [3.63, 3.8) is 0 Å². The molecule has 18 heavy (non-hydrogen) atoms. The van der Waals surface area contributed by atoms with Crippen LogP contribution in [-0.4, -0.2) is 6.04 Å². The molecule has 0 saturated heterocycles. The van der Waals surface area contributed by atoms with Crippen molar-refractivity contribution in [2.24, 2.45) is 0 Å². The molecule has 3 aliphatic carbocycles. The monoisotopic (exact) mass is 241 g/mol. The summed E-state index contributed by atoms with van der Waals surface area (Å²) in [6, 6.07) is 5.72. The van der Waals surface area contributed by atoms with Gasteiger partial charge in [0.15, 0.2) is 0 Å². The van der Waals surface area contributed by atoms with Gasteiger partial charge in [0.1, 0.15) is 0 Å². The van der Waals surface area contributed by atoms with Crippen LogP contribution in [0.2, 0.25) is 0 Å². The van der Waals surface area contributed by atoms with Gasteiger partial charge in [0.2, 0.25) is 0 Å². The Balaban J connectivity index is 1.72. The minimum Gasteiger partial charge on any atom is -0.310 e. The second-order valence-corrected chi connectivity index (χ2v) is 6.75. The SMILES string of the molecule is Cc1cc2c(c(CNC3CC3)c1)C1(CCC2)CC1. The summed E-state index contributed by atoms with van der Waals surface area (Å²) < 4.78 is 0. The predicted octanol–water partition coefficient (Wildman–Crippen LogP) is 3.61. The number of hydrogen-bond acceptors (Lipinski definition) is 1. The lowest BCUT2D eigenvalue weighted by molar-refractivity contribution is 0.531. The molecule has 96 valence electrons. The highest BCUT2D eigenvalue weighted by Crippen LogP contribution is 2.56. The zero-order valence-corrected chi connectivity index (χ0v) is 11.4. The Labute approximate surface area is 110 Å². The van der Waals surface area contributed by atoms with Crippen LogP contribution in [-0.2, 0) is 18.4 Å². The van der Waals surface area contributed by atoms with Gasteiger partial charge in [-0.15, -0.1) is 0 Å². The maximum absolute atomic E-state index is 3.72. The molecule has 0 atom stereocenters. The molecule has 1 heteroatoms. The largest absolute Gasteiger partial charge is 0.310 e. The number of nitrogens with one attached hydrogen (secondary N) is 1. The molecule has 0 amide bonds. The summed E-state index contributed by atoms with van der Waals surface area (Å²) in [6.07, 6.45) is 9.83. The van der Waals surface area contributed by atoms with Gasteiger partial charge in [-0.1, -0.05) is 17.7 Å². The van der Waals surface area contributed by atoms with Crippen LogP contribution in [0.4, 0.5) is 0 Å². The van der Waals surface area contributed by atoms with Crippen LogP contribution in [0, 0.1) is 6.92 Å². The van der Waals surface area contributed by atoms with Crippen molar-refractivity contribution in [1.82, 2.24) is 5.32 Å². The first-order valence-corrected chi connectivity index (χ1v) is 7.63. The van der Waals surface area contributed by atoms with Crippen molar-refractivity contribution in [1.29, 1.82) is 0 Å². The molecule has 0 aliphatic heterocycles. The Morgan fingerprint density at radius 2 is 2.06 bits per heavy atom. The van der Waals surface area contributed by atoms with Crippen LogP contribution < -0.4 is 5.32 Å². The highest BCUT2D eigenvalue weighted by molar-refractivity contribution is 5.48. The molecule has 2 fully saturated rings. The van der Waals surface area contributed by atoms with Crippen molar-refractivity contribution < 1.29 is 0 Å². The van der Waals surface area contributed by atoms with Gasteiger partial charge in [0.05, 0.1) is 0 Å². The molecule has 4 rings (SSSR count). The smallest absolute Gasteiger partial charge is 0.0211 e. The average Bonchev–Trinajstić information content (AvgIpc) is 3.22. The quantitative estimate of drug-likeness (QED) is 0.852. The lowest BCUT2D eigenvalue weighted by Crippen LogP contribution is -2.23. The molecule has 1 aromatic rings. The number of fused-ring (bicyclic) bond motifs is 2. The first kappa shape index (κ1) is 11.0. The van der Waals surface area contributed by atoms with E-state index >= 15 is 0 Å². The average molecular weight is 241 g/mol. The fourth-order valence-corrected chi connectivity index (χ4v) is 3.89. The lowest BCUT2D eigenvalue weighted by atomic mass is 9.77. The van der Waals surface area contributed by atoms with E-state index < -0.39 is 0 Å². The van der Waals surface area contributed by atoms with Crippen LogP contribution in [0.3, 0.4) is 0 Å². The summed E-state index contributed by atoms with van der Waals surface area (Å²) in [5, 5.41) is 3.72. The fourth-order valence-electron chi connectivity index (χ4n) is 3.89. The van der Waals surface area contributed by atoms with E-state index in [-0.39, 0.29) is 0 Å². The van der Waals surface area contributed by atoms with E-state index in [1.165, 1.54) is 50.5 Å². The number of hydrogen-bond donors (Lipinski definition) is 1. The van der Waals surface area contributed by atoms with Crippen molar-refractivity contribution in [3.8, 4) is 0 Å². The second-order valence-electron chi connectivity index (χ2n) is 6.75. The summed E-state index contributed by atoms with van der Waals surface area (Å²) in [4.78, 5) is 0. The predicted molar refractivity (Wildman–Crippen MR) is 74.9 cm³/mol. The zero-order valence-electron chi connectivity index (χ0n) is 11.4. The van der Waals surface area contributed by atoms with Gasteiger partial charge in [-0.3, -0.25) is 0 Å². The molecule has 0 radical (unpaired) electrons. The van der Waals surface area contributed by atoms with Gasteiger partial charge in [0.25, 0.3) is 0 Å². The van der Waals surface area contributed by atoms with Crippen LogP contribution in [0.25, 0.3) is 0 Å². The summed E-state index contributed by atoms with van der Waals surface area (Å²) in [5.74, 6) is 0. The molecule has 1 spiro atoms. The Hall–Kier alpha value is -0.820. The maximum atomic E-state index is 3.72. The summed E-state index contributed by atoms with van der Waals surface area (Å²) in [5.41, 5.74) is 7.12. The van der Waals surface area contributed by atoms with Crippen LogP contribution in [0.1, 0.15) is 60.8 Å². The Morgan fingerprint density at radius 1 is 1.22 bits per heavy atom. The van der Waals surface area contributed by atoms with E-state index in [2.05, 4.69) is 24.4 Å². The van der Waals surface area contributed by atoms with E-state index in [1.54, 1.807) is 16.7 Å². The van der Waals surface area contributed by atoms with E-state index in [1.807, 2.05) is 0 Å². The number of rotatable bonds is 3. The van der Waals surface area contributed by atoms with Gasteiger partial charge in [-0.25, -0.2) is 0 Å². The Morgan fingerprint density at radius 3 is 2.78 bits per heavy atom. The molecular formula is C17H23N. The van der Waals surface area contributed by atoms with Crippen molar-refractivity contribution in [2.45, 2.75) is 69.9 Å². The summed E-state index contributed by atoms with van der Waals surface area (Å²) in [7, 11) is 0. The molecule has 1 aromatic carbocycles. The van der Waals surface area contributed by atoms with Crippen LogP contribution in [0.15, 0.2) is 12.1 Å². The first-order valence-electron chi connectivity index (χ1n) is 7.63. The topological polar surface area (TPSA) is 12.0 Å². The van der Waals surface area contributed by atoms with Crippen LogP contribution in [0.5, 0.6) is 0 Å². The van der Waals surface area contributed by atoms with E-state index in [9.17, 15) is 0 Å². The minimum atomic E-state index is 0.613. The zero-order chi connectivity index (χ0) is 12.2. The van der Waals surface area contributed by atoms with Gasteiger partial charge in [0, 0.05) is 12.6 Å². The third-order valence-corrected chi connectivity index (χ3v) is 5.09. The first-order chi connectivity index (χ1) is 8.77. The summed E-state index contributed by atoms with van der Waals surface area (Å²) in [6.45, 7) is 3.37. The Kier molecular flexibility index (Phi) is 2.35.